The fourth-order valence-electron chi connectivity index (χ4n) is 4.44. The number of alkyl halides is 3. The molecule has 0 saturated heterocycles. The Labute approximate surface area is 192 Å². The fraction of sp³-hybridized carbons (Fsp3) is 0.619. The number of aryl methyl sites for hydroxylation is 2. The van der Waals surface area contributed by atoms with Gasteiger partial charge in [0, 0.05) is 30.6 Å². The van der Waals surface area contributed by atoms with E-state index in [0.717, 1.165) is 15.9 Å². The first-order valence-corrected chi connectivity index (χ1v) is 11.7. The van der Waals surface area contributed by atoms with E-state index >= 15 is 0 Å². The zero-order chi connectivity index (χ0) is 24.0. The van der Waals surface area contributed by atoms with Crippen molar-refractivity contribution in [1.29, 1.82) is 0 Å². The Morgan fingerprint density at radius 3 is 2.64 bits per heavy atom. The molecular weight excluding hydrogens is 457 g/mol. The smallest absolute Gasteiger partial charge is 0.336 e. The largest absolute Gasteiger partial charge is 0.390 e. The van der Waals surface area contributed by atoms with Crippen LogP contribution in [0.5, 0.6) is 0 Å². The SMILES string of the molecule is CN=CNC1=NCCN1Cc1sc2c(c1C)c(=O)n(C1(C)CCC1)c(=O)n2CCC(F)(F)F. The first kappa shape index (κ1) is 23.5. The quantitative estimate of drug-likeness (QED) is 0.505. The van der Waals surface area contributed by atoms with E-state index in [0.29, 0.717) is 54.2 Å². The molecule has 0 aromatic carbocycles. The predicted molar refractivity (Wildman–Crippen MR) is 124 cm³/mol. The zero-order valence-corrected chi connectivity index (χ0v) is 19.6. The van der Waals surface area contributed by atoms with Crippen molar-refractivity contribution in [2.45, 2.75) is 64.3 Å². The predicted octanol–water partition coefficient (Wildman–Crippen LogP) is 2.80. The van der Waals surface area contributed by atoms with E-state index < -0.39 is 35.9 Å². The van der Waals surface area contributed by atoms with Crippen LogP contribution in [0.15, 0.2) is 19.6 Å². The van der Waals surface area contributed by atoms with Gasteiger partial charge in [-0.05, 0) is 38.7 Å². The highest BCUT2D eigenvalue weighted by Crippen LogP contribution is 2.38. The summed E-state index contributed by atoms with van der Waals surface area (Å²) in [6, 6.07) is 0. The number of halogens is 3. The topological polar surface area (TPSA) is 84.0 Å². The number of guanidine groups is 1. The average molecular weight is 485 g/mol. The highest BCUT2D eigenvalue weighted by atomic mass is 32.1. The van der Waals surface area contributed by atoms with E-state index in [-0.39, 0.29) is 0 Å². The van der Waals surface area contributed by atoms with Crippen LogP contribution in [0.2, 0.25) is 0 Å². The highest BCUT2D eigenvalue weighted by molar-refractivity contribution is 7.18. The second kappa shape index (κ2) is 8.62. The first-order valence-electron chi connectivity index (χ1n) is 10.9. The van der Waals surface area contributed by atoms with E-state index in [1.165, 1.54) is 22.2 Å². The summed E-state index contributed by atoms with van der Waals surface area (Å²) in [4.78, 5) is 38.2. The molecule has 1 fully saturated rings. The van der Waals surface area contributed by atoms with Crippen molar-refractivity contribution in [3.05, 3.63) is 31.3 Å². The van der Waals surface area contributed by atoms with Crippen LogP contribution >= 0.6 is 11.3 Å². The molecule has 3 heterocycles. The number of aromatic nitrogens is 2. The second-order valence-corrected chi connectivity index (χ2v) is 9.86. The van der Waals surface area contributed by atoms with Gasteiger partial charge in [-0.1, -0.05) is 0 Å². The Bertz CT molecular complexity index is 1240. The molecule has 33 heavy (non-hydrogen) atoms. The minimum absolute atomic E-state index is 0.307. The Hall–Kier alpha value is -2.63. The molecule has 0 atom stereocenters. The van der Waals surface area contributed by atoms with Gasteiger partial charge in [-0.3, -0.25) is 23.9 Å². The van der Waals surface area contributed by atoms with Crippen molar-refractivity contribution in [3.8, 4) is 0 Å². The summed E-state index contributed by atoms with van der Waals surface area (Å²) >= 11 is 1.21. The minimum atomic E-state index is -4.41. The van der Waals surface area contributed by atoms with Gasteiger partial charge in [0.1, 0.15) is 4.83 Å². The van der Waals surface area contributed by atoms with Gasteiger partial charge in [0.2, 0.25) is 0 Å². The monoisotopic (exact) mass is 484 g/mol. The summed E-state index contributed by atoms with van der Waals surface area (Å²) in [5.74, 6) is 0.645. The Kier molecular flexibility index (Phi) is 6.14. The Morgan fingerprint density at radius 2 is 2.03 bits per heavy atom. The molecular formula is C21H27F3N6O2S. The summed E-state index contributed by atoms with van der Waals surface area (Å²) in [7, 11) is 1.64. The van der Waals surface area contributed by atoms with Crippen molar-refractivity contribution >= 4 is 33.9 Å². The summed E-state index contributed by atoms with van der Waals surface area (Å²) in [5, 5.41) is 3.35. The number of hydrogen-bond donors (Lipinski definition) is 1. The van der Waals surface area contributed by atoms with Crippen molar-refractivity contribution in [1.82, 2.24) is 19.4 Å². The molecule has 8 nitrogen and oxygen atoms in total. The van der Waals surface area contributed by atoms with Gasteiger partial charge in [0.05, 0.1) is 31.2 Å². The van der Waals surface area contributed by atoms with Crippen LogP contribution in [0, 0.1) is 6.92 Å². The van der Waals surface area contributed by atoms with Crippen molar-refractivity contribution < 1.29 is 13.2 Å². The molecule has 2 aliphatic rings. The van der Waals surface area contributed by atoms with Gasteiger partial charge < -0.3 is 10.2 Å². The molecule has 180 valence electrons. The van der Waals surface area contributed by atoms with Gasteiger partial charge in [-0.15, -0.1) is 11.3 Å². The number of thiophene rings is 1. The summed E-state index contributed by atoms with van der Waals surface area (Å²) in [6.45, 7) is 4.81. The van der Waals surface area contributed by atoms with Crippen LogP contribution in [-0.2, 0) is 18.6 Å². The summed E-state index contributed by atoms with van der Waals surface area (Å²) in [5.41, 5.74) is -1.02. The standard InChI is InChI=1S/C21H27F3N6O2S/c1-13-14(11-28-10-8-26-18(28)27-12-25-3)33-17-15(13)16(31)30(20(2)5-4-6-20)19(32)29(17)9-7-21(22,23)24/h12H,4-11H2,1-3H3,(H,25,26,27). The molecule has 1 aliphatic carbocycles. The lowest BCUT2D eigenvalue weighted by Gasteiger charge is -2.39. The third-order valence-electron chi connectivity index (χ3n) is 6.49. The average Bonchev–Trinajstić information content (AvgIpc) is 3.28. The number of nitrogens with one attached hydrogen (secondary N) is 1. The van der Waals surface area contributed by atoms with Crippen molar-refractivity contribution in [2.75, 3.05) is 20.1 Å². The van der Waals surface area contributed by atoms with Crippen molar-refractivity contribution in [3.63, 3.8) is 0 Å². The molecule has 1 saturated carbocycles. The van der Waals surface area contributed by atoms with E-state index in [4.69, 9.17) is 0 Å². The maximum Gasteiger partial charge on any atom is 0.390 e. The van der Waals surface area contributed by atoms with Crippen LogP contribution in [0.4, 0.5) is 13.2 Å². The lowest BCUT2D eigenvalue weighted by molar-refractivity contribution is -0.136. The normalized spacial score (nSPS) is 18.2. The van der Waals surface area contributed by atoms with Gasteiger partial charge >= 0.3 is 11.9 Å². The lowest BCUT2D eigenvalue weighted by atomic mass is 9.78. The molecule has 4 rings (SSSR count). The van der Waals surface area contributed by atoms with Gasteiger partial charge in [-0.25, -0.2) is 4.79 Å². The van der Waals surface area contributed by atoms with Crippen molar-refractivity contribution in [2.24, 2.45) is 9.98 Å². The highest BCUT2D eigenvalue weighted by Gasteiger charge is 2.38. The molecule has 0 unspecified atom stereocenters. The number of fused-ring (bicyclic) bond motifs is 1. The molecule has 0 radical (unpaired) electrons. The van der Waals surface area contributed by atoms with Crippen LogP contribution in [0.3, 0.4) is 0 Å². The van der Waals surface area contributed by atoms with Crippen LogP contribution < -0.4 is 16.6 Å². The molecule has 2 aromatic heterocycles. The number of aliphatic imine (C=N–C) groups is 2. The molecule has 2 aromatic rings. The minimum Gasteiger partial charge on any atom is -0.336 e. The lowest BCUT2D eigenvalue weighted by Crippen LogP contribution is -2.53. The Balaban J connectivity index is 1.83. The summed E-state index contributed by atoms with van der Waals surface area (Å²) < 4.78 is 41.5. The van der Waals surface area contributed by atoms with Crippen LogP contribution in [-0.4, -0.2) is 52.6 Å². The van der Waals surface area contributed by atoms with E-state index in [1.807, 2.05) is 11.8 Å². The molecule has 12 heteroatoms. The third-order valence-corrected chi connectivity index (χ3v) is 7.79. The van der Waals surface area contributed by atoms with E-state index in [9.17, 15) is 22.8 Å². The van der Waals surface area contributed by atoms with Gasteiger partial charge in [0.15, 0.2) is 5.96 Å². The molecule has 0 amide bonds. The molecule has 0 spiro atoms. The fourth-order valence-corrected chi connectivity index (χ4v) is 5.77. The third kappa shape index (κ3) is 4.32. The number of hydrogen-bond acceptors (Lipinski definition) is 6. The number of nitrogens with zero attached hydrogens (tertiary/aromatic N) is 5. The van der Waals surface area contributed by atoms with Crippen LogP contribution in [0.25, 0.3) is 10.2 Å². The maximum atomic E-state index is 13.5. The molecule has 0 bridgehead atoms. The van der Waals surface area contributed by atoms with E-state index in [2.05, 4.69) is 15.3 Å². The molecule has 1 aliphatic heterocycles. The van der Waals surface area contributed by atoms with Gasteiger partial charge in [0.25, 0.3) is 5.56 Å². The number of rotatable bonds is 6. The summed E-state index contributed by atoms with van der Waals surface area (Å²) in [6.07, 6.45) is -1.83. The van der Waals surface area contributed by atoms with E-state index in [1.54, 1.807) is 14.0 Å². The first-order chi connectivity index (χ1) is 15.6. The Morgan fingerprint density at radius 1 is 1.30 bits per heavy atom. The second-order valence-electron chi connectivity index (χ2n) is 8.78. The zero-order valence-electron chi connectivity index (χ0n) is 18.8. The molecule has 1 N–H and O–H groups in total. The van der Waals surface area contributed by atoms with Crippen LogP contribution in [0.1, 0.15) is 43.0 Å². The van der Waals surface area contributed by atoms with Gasteiger partial charge in [-0.2, -0.15) is 13.2 Å². The maximum absolute atomic E-state index is 13.5.